The Morgan fingerprint density at radius 1 is 1.37 bits per heavy atom. The van der Waals surface area contributed by atoms with Crippen LogP contribution in [0, 0.1) is 5.92 Å². The lowest BCUT2D eigenvalue weighted by Crippen LogP contribution is -2.47. The minimum Gasteiger partial charge on any atom is -0.344 e. The topological polar surface area (TPSA) is 75.2 Å². The minimum atomic E-state index is -0.460. The van der Waals surface area contributed by atoms with E-state index in [9.17, 15) is 9.59 Å². The van der Waals surface area contributed by atoms with Gasteiger partial charge in [-0.2, -0.15) is 0 Å². The van der Waals surface area contributed by atoms with Crippen LogP contribution in [0.1, 0.15) is 26.1 Å². The SMILES string of the molecule is CC(C)C1NC(=O)CCN(Cc2ncccn2)C1=O. The van der Waals surface area contributed by atoms with Gasteiger partial charge in [0.2, 0.25) is 11.8 Å². The van der Waals surface area contributed by atoms with Crippen LogP contribution in [0.3, 0.4) is 0 Å². The summed E-state index contributed by atoms with van der Waals surface area (Å²) in [6, 6.07) is 1.27. The van der Waals surface area contributed by atoms with Crippen molar-refractivity contribution in [1.29, 1.82) is 0 Å². The molecule has 0 spiro atoms. The molecule has 0 saturated carbocycles. The maximum absolute atomic E-state index is 12.4. The standard InChI is InChI=1S/C13H18N4O2/c1-9(2)12-13(19)17(7-4-11(18)16-12)8-10-14-5-3-6-15-10/h3,5-6,9,12H,4,7-8H2,1-2H3,(H,16,18). The van der Waals surface area contributed by atoms with Crippen LogP contribution >= 0.6 is 0 Å². The Balaban J connectivity index is 2.14. The number of rotatable bonds is 3. The van der Waals surface area contributed by atoms with E-state index in [1.807, 2.05) is 13.8 Å². The maximum Gasteiger partial charge on any atom is 0.245 e. The molecule has 6 nitrogen and oxygen atoms in total. The smallest absolute Gasteiger partial charge is 0.245 e. The molecular formula is C13H18N4O2. The van der Waals surface area contributed by atoms with E-state index >= 15 is 0 Å². The average Bonchev–Trinajstić information content (AvgIpc) is 2.53. The first-order chi connectivity index (χ1) is 9.08. The van der Waals surface area contributed by atoms with Crippen LogP contribution in [0.5, 0.6) is 0 Å². The highest BCUT2D eigenvalue weighted by atomic mass is 16.2. The van der Waals surface area contributed by atoms with Crippen molar-refractivity contribution < 1.29 is 9.59 Å². The van der Waals surface area contributed by atoms with Gasteiger partial charge in [-0.15, -0.1) is 0 Å². The van der Waals surface area contributed by atoms with E-state index in [-0.39, 0.29) is 17.7 Å². The van der Waals surface area contributed by atoms with Gasteiger partial charge in [-0.05, 0) is 12.0 Å². The summed E-state index contributed by atoms with van der Waals surface area (Å²) < 4.78 is 0. The van der Waals surface area contributed by atoms with Gasteiger partial charge < -0.3 is 10.2 Å². The number of nitrogens with one attached hydrogen (secondary N) is 1. The largest absolute Gasteiger partial charge is 0.344 e. The molecule has 1 aliphatic rings. The van der Waals surface area contributed by atoms with Crippen LogP contribution in [-0.2, 0) is 16.1 Å². The zero-order chi connectivity index (χ0) is 13.8. The molecule has 1 saturated heterocycles. The maximum atomic E-state index is 12.4. The lowest BCUT2D eigenvalue weighted by molar-refractivity contribution is -0.135. The van der Waals surface area contributed by atoms with Gasteiger partial charge in [-0.1, -0.05) is 13.8 Å². The van der Waals surface area contributed by atoms with Crippen molar-refractivity contribution in [3.05, 3.63) is 24.3 Å². The lowest BCUT2D eigenvalue weighted by Gasteiger charge is -2.25. The molecule has 6 heteroatoms. The van der Waals surface area contributed by atoms with Crippen LogP contribution in [0.25, 0.3) is 0 Å². The number of nitrogens with zero attached hydrogens (tertiary/aromatic N) is 3. The lowest BCUT2D eigenvalue weighted by atomic mass is 10.0. The molecule has 1 atom stereocenters. The summed E-state index contributed by atoms with van der Waals surface area (Å²) in [7, 11) is 0. The van der Waals surface area contributed by atoms with Crippen molar-refractivity contribution in [2.75, 3.05) is 6.54 Å². The van der Waals surface area contributed by atoms with Crippen molar-refractivity contribution in [3.8, 4) is 0 Å². The summed E-state index contributed by atoms with van der Waals surface area (Å²) in [6.07, 6.45) is 3.61. The van der Waals surface area contributed by atoms with E-state index < -0.39 is 6.04 Å². The number of hydrogen-bond acceptors (Lipinski definition) is 4. The number of aromatic nitrogens is 2. The monoisotopic (exact) mass is 262 g/mol. The molecule has 0 aliphatic carbocycles. The fraction of sp³-hybridized carbons (Fsp3) is 0.538. The second-order valence-electron chi connectivity index (χ2n) is 4.96. The average molecular weight is 262 g/mol. The van der Waals surface area contributed by atoms with Gasteiger partial charge in [0, 0.05) is 25.4 Å². The van der Waals surface area contributed by atoms with E-state index in [1.165, 1.54) is 0 Å². The third-order valence-electron chi connectivity index (χ3n) is 3.12. The molecule has 2 heterocycles. The van der Waals surface area contributed by atoms with Crippen LogP contribution in [-0.4, -0.2) is 39.3 Å². The molecule has 2 rings (SSSR count). The summed E-state index contributed by atoms with van der Waals surface area (Å²) in [4.78, 5) is 33.9. The Bertz CT molecular complexity index is 461. The molecule has 1 N–H and O–H groups in total. The molecular weight excluding hydrogens is 244 g/mol. The van der Waals surface area contributed by atoms with Gasteiger partial charge in [0.1, 0.15) is 11.9 Å². The molecule has 102 valence electrons. The number of amides is 2. The Labute approximate surface area is 112 Å². The van der Waals surface area contributed by atoms with Crippen molar-refractivity contribution in [2.24, 2.45) is 5.92 Å². The fourth-order valence-corrected chi connectivity index (χ4v) is 2.04. The van der Waals surface area contributed by atoms with Gasteiger partial charge in [-0.3, -0.25) is 9.59 Å². The molecule has 0 aromatic carbocycles. The molecule has 1 aromatic rings. The second kappa shape index (κ2) is 5.77. The van der Waals surface area contributed by atoms with Crippen molar-refractivity contribution in [3.63, 3.8) is 0 Å². The van der Waals surface area contributed by atoms with E-state index in [1.54, 1.807) is 23.4 Å². The van der Waals surface area contributed by atoms with Crippen molar-refractivity contribution in [1.82, 2.24) is 20.2 Å². The highest BCUT2D eigenvalue weighted by Crippen LogP contribution is 2.12. The summed E-state index contributed by atoms with van der Waals surface area (Å²) in [5, 5.41) is 2.77. The number of carbonyl (C=O) groups is 2. The predicted octanol–water partition coefficient (Wildman–Crippen LogP) is 0.350. The van der Waals surface area contributed by atoms with E-state index in [0.717, 1.165) is 0 Å². The molecule has 1 fully saturated rings. The normalized spacial score (nSPS) is 20.4. The zero-order valence-corrected chi connectivity index (χ0v) is 11.2. The molecule has 1 unspecified atom stereocenters. The van der Waals surface area contributed by atoms with E-state index in [4.69, 9.17) is 0 Å². The first-order valence-electron chi connectivity index (χ1n) is 6.42. The summed E-state index contributed by atoms with van der Waals surface area (Å²) in [6.45, 7) is 4.60. The molecule has 0 radical (unpaired) electrons. The van der Waals surface area contributed by atoms with E-state index in [2.05, 4.69) is 15.3 Å². The first-order valence-corrected chi connectivity index (χ1v) is 6.42. The Kier molecular flexibility index (Phi) is 4.09. The molecule has 1 aromatic heterocycles. The molecule has 1 aliphatic heterocycles. The van der Waals surface area contributed by atoms with Crippen LogP contribution in [0.2, 0.25) is 0 Å². The zero-order valence-electron chi connectivity index (χ0n) is 11.2. The Morgan fingerprint density at radius 2 is 2.05 bits per heavy atom. The second-order valence-corrected chi connectivity index (χ2v) is 4.96. The van der Waals surface area contributed by atoms with Crippen molar-refractivity contribution in [2.45, 2.75) is 32.9 Å². The van der Waals surface area contributed by atoms with Crippen LogP contribution in [0.4, 0.5) is 0 Å². The highest BCUT2D eigenvalue weighted by Gasteiger charge is 2.32. The summed E-state index contributed by atoms with van der Waals surface area (Å²) in [5.41, 5.74) is 0. The van der Waals surface area contributed by atoms with Gasteiger partial charge in [0.15, 0.2) is 0 Å². The Hall–Kier alpha value is -1.98. The third kappa shape index (κ3) is 3.27. The van der Waals surface area contributed by atoms with Gasteiger partial charge in [0.25, 0.3) is 0 Å². The highest BCUT2D eigenvalue weighted by molar-refractivity contribution is 5.90. The number of hydrogen-bond donors (Lipinski definition) is 1. The summed E-state index contributed by atoms with van der Waals surface area (Å²) >= 11 is 0. The third-order valence-corrected chi connectivity index (χ3v) is 3.12. The van der Waals surface area contributed by atoms with Crippen LogP contribution < -0.4 is 5.32 Å². The first kappa shape index (κ1) is 13.5. The van der Waals surface area contributed by atoms with E-state index in [0.29, 0.717) is 25.3 Å². The summed E-state index contributed by atoms with van der Waals surface area (Å²) in [5.74, 6) is 0.512. The van der Waals surface area contributed by atoms with Crippen molar-refractivity contribution >= 4 is 11.8 Å². The van der Waals surface area contributed by atoms with Gasteiger partial charge >= 0.3 is 0 Å². The van der Waals surface area contributed by atoms with Gasteiger partial charge in [0.05, 0.1) is 6.54 Å². The molecule has 0 bridgehead atoms. The Morgan fingerprint density at radius 3 is 2.68 bits per heavy atom. The molecule has 2 amide bonds. The molecule has 19 heavy (non-hydrogen) atoms. The minimum absolute atomic E-state index is 0.0618. The van der Waals surface area contributed by atoms with Gasteiger partial charge in [-0.25, -0.2) is 9.97 Å². The number of carbonyl (C=O) groups excluding carboxylic acids is 2. The predicted molar refractivity (Wildman–Crippen MR) is 68.8 cm³/mol. The quantitative estimate of drug-likeness (QED) is 0.853. The fourth-order valence-electron chi connectivity index (χ4n) is 2.04. The van der Waals surface area contributed by atoms with Crippen LogP contribution in [0.15, 0.2) is 18.5 Å².